The molecule has 1 aromatic heterocycles. The van der Waals surface area contributed by atoms with Gasteiger partial charge in [-0.05, 0) is 11.8 Å². The second kappa shape index (κ2) is 5.38. The first-order chi connectivity index (χ1) is 9.58. The molecule has 1 N–H and O–H groups in total. The average Bonchev–Trinajstić information content (AvgIpc) is 2.72. The van der Waals surface area contributed by atoms with Crippen LogP contribution >= 0.6 is 0 Å². The molecule has 0 saturated carbocycles. The van der Waals surface area contributed by atoms with Gasteiger partial charge in [-0.15, -0.1) is 5.10 Å². The fourth-order valence-corrected chi connectivity index (χ4v) is 3.86. The van der Waals surface area contributed by atoms with Crippen LogP contribution in [0.15, 0.2) is 6.20 Å². The van der Waals surface area contributed by atoms with Crippen LogP contribution in [0.2, 0.25) is 0 Å². The van der Waals surface area contributed by atoms with E-state index in [1.807, 2.05) is 20.8 Å². The number of sulfonamides is 1. The molecule has 1 aliphatic rings. The van der Waals surface area contributed by atoms with Gasteiger partial charge in [0.1, 0.15) is 0 Å². The maximum atomic E-state index is 12.1. The summed E-state index contributed by atoms with van der Waals surface area (Å²) >= 11 is 0. The molecule has 1 aromatic rings. The van der Waals surface area contributed by atoms with Crippen molar-refractivity contribution in [2.24, 2.45) is 5.41 Å². The minimum absolute atomic E-state index is 0.0281. The Kier molecular flexibility index (Phi) is 4.07. The highest BCUT2D eigenvalue weighted by Crippen LogP contribution is 2.26. The number of carbonyl (C=O) groups is 1. The molecule has 0 spiro atoms. The first kappa shape index (κ1) is 15.9. The lowest BCUT2D eigenvalue weighted by molar-refractivity contribution is 0.0690. The number of hydrogen-bond acceptors (Lipinski definition) is 5. The highest BCUT2D eigenvalue weighted by atomic mass is 32.2. The summed E-state index contributed by atoms with van der Waals surface area (Å²) in [6.45, 7) is 6.64. The van der Waals surface area contributed by atoms with Gasteiger partial charge in [0.25, 0.3) is 0 Å². The van der Waals surface area contributed by atoms with E-state index in [0.29, 0.717) is 19.5 Å². The van der Waals surface area contributed by atoms with E-state index in [9.17, 15) is 13.2 Å². The van der Waals surface area contributed by atoms with Crippen LogP contribution < -0.4 is 0 Å². The van der Waals surface area contributed by atoms with Crippen LogP contribution in [-0.4, -0.2) is 57.6 Å². The van der Waals surface area contributed by atoms with Crippen molar-refractivity contribution in [3.05, 3.63) is 11.9 Å². The Bertz CT molecular complexity index is 626. The molecule has 118 valence electrons. The Hall–Kier alpha value is -1.48. The molecule has 0 bridgehead atoms. The van der Waals surface area contributed by atoms with Crippen LogP contribution in [0.1, 0.15) is 43.7 Å². The molecule has 1 saturated heterocycles. The summed E-state index contributed by atoms with van der Waals surface area (Å²) in [5.41, 5.74) is -0.163. The fraction of sp³-hybridized carbons (Fsp3) is 0.750. The van der Waals surface area contributed by atoms with Gasteiger partial charge in [-0.3, -0.25) is 0 Å². The third kappa shape index (κ3) is 3.79. The number of carboxylic acids is 1. The standard InChI is InChI=1S/C12H20N4O4S/c1-12(2,3)4-5-21(19,20)15-6-9(7-15)16-8-10(11(17)18)13-14-16/h8-9H,4-7H2,1-3H3,(H,17,18). The van der Waals surface area contributed by atoms with E-state index in [0.717, 1.165) is 0 Å². The molecule has 0 aromatic carbocycles. The largest absolute Gasteiger partial charge is 0.476 e. The SMILES string of the molecule is CC(C)(C)CCS(=O)(=O)N1CC(n2cc(C(=O)O)nn2)C1. The average molecular weight is 316 g/mol. The summed E-state index contributed by atoms with van der Waals surface area (Å²) in [6, 6.07) is -0.144. The van der Waals surface area contributed by atoms with Gasteiger partial charge in [0.2, 0.25) is 10.0 Å². The molecular weight excluding hydrogens is 296 g/mol. The van der Waals surface area contributed by atoms with Crippen molar-refractivity contribution in [2.45, 2.75) is 33.2 Å². The highest BCUT2D eigenvalue weighted by Gasteiger charge is 2.37. The monoisotopic (exact) mass is 316 g/mol. The van der Waals surface area contributed by atoms with Gasteiger partial charge in [-0.1, -0.05) is 26.0 Å². The zero-order valence-corrected chi connectivity index (χ0v) is 13.2. The Labute approximate surface area is 123 Å². The molecule has 1 aliphatic heterocycles. The van der Waals surface area contributed by atoms with Crippen molar-refractivity contribution >= 4 is 16.0 Å². The van der Waals surface area contributed by atoms with Crippen molar-refractivity contribution in [3.8, 4) is 0 Å². The van der Waals surface area contributed by atoms with Crippen LogP contribution in [-0.2, 0) is 10.0 Å². The summed E-state index contributed by atoms with van der Waals surface area (Å²) < 4.78 is 27.1. The van der Waals surface area contributed by atoms with E-state index >= 15 is 0 Å². The lowest BCUT2D eigenvalue weighted by Gasteiger charge is -2.38. The maximum absolute atomic E-state index is 12.1. The van der Waals surface area contributed by atoms with E-state index < -0.39 is 16.0 Å². The number of nitrogens with zero attached hydrogens (tertiary/aromatic N) is 4. The lowest BCUT2D eigenvalue weighted by Crippen LogP contribution is -2.51. The van der Waals surface area contributed by atoms with Crippen LogP contribution in [0.5, 0.6) is 0 Å². The molecule has 1 fully saturated rings. The normalized spacial score (nSPS) is 17.7. The molecule has 0 aliphatic carbocycles. The van der Waals surface area contributed by atoms with Gasteiger partial charge >= 0.3 is 5.97 Å². The van der Waals surface area contributed by atoms with E-state index in [1.165, 1.54) is 15.2 Å². The highest BCUT2D eigenvalue weighted by molar-refractivity contribution is 7.89. The van der Waals surface area contributed by atoms with Gasteiger partial charge in [-0.25, -0.2) is 17.9 Å². The van der Waals surface area contributed by atoms with Crippen molar-refractivity contribution in [1.29, 1.82) is 0 Å². The Morgan fingerprint density at radius 1 is 1.43 bits per heavy atom. The van der Waals surface area contributed by atoms with Crippen LogP contribution in [0.25, 0.3) is 0 Å². The van der Waals surface area contributed by atoms with Crippen molar-refractivity contribution in [2.75, 3.05) is 18.8 Å². The predicted molar refractivity (Wildman–Crippen MR) is 75.5 cm³/mol. The minimum atomic E-state index is -3.25. The zero-order chi connectivity index (χ0) is 15.8. The number of hydrogen-bond donors (Lipinski definition) is 1. The van der Waals surface area contributed by atoms with Crippen LogP contribution in [0, 0.1) is 5.41 Å². The zero-order valence-electron chi connectivity index (χ0n) is 12.4. The summed E-state index contributed by atoms with van der Waals surface area (Å²) in [7, 11) is -3.25. The predicted octanol–water partition coefficient (Wildman–Crippen LogP) is 0.599. The van der Waals surface area contributed by atoms with Gasteiger partial charge in [0.15, 0.2) is 5.69 Å². The van der Waals surface area contributed by atoms with Gasteiger partial charge in [0.05, 0.1) is 18.0 Å². The molecule has 9 heteroatoms. The third-order valence-corrected chi connectivity index (χ3v) is 5.24. The number of rotatable bonds is 5. The van der Waals surface area contributed by atoms with Crippen molar-refractivity contribution in [1.82, 2.24) is 19.3 Å². The first-order valence-corrected chi connectivity index (χ1v) is 8.32. The molecule has 21 heavy (non-hydrogen) atoms. The number of aromatic carboxylic acids is 1. The summed E-state index contributed by atoms with van der Waals surface area (Å²) in [6.07, 6.45) is 1.93. The Morgan fingerprint density at radius 2 is 2.05 bits per heavy atom. The van der Waals surface area contributed by atoms with E-state index in [2.05, 4.69) is 10.3 Å². The van der Waals surface area contributed by atoms with Crippen LogP contribution in [0.3, 0.4) is 0 Å². The quantitative estimate of drug-likeness (QED) is 0.852. The molecule has 0 atom stereocenters. The molecule has 8 nitrogen and oxygen atoms in total. The number of carboxylic acid groups (broad SMARTS) is 1. The van der Waals surface area contributed by atoms with Crippen LogP contribution in [0.4, 0.5) is 0 Å². The molecule has 0 unspecified atom stereocenters. The van der Waals surface area contributed by atoms with Gasteiger partial charge in [-0.2, -0.15) is 4.31 Å². The molecule has 0 radical (unpaired) electrons. The third-order valence-electron chi connectivity index (χ3n) is 3.44. The number of aromatic nitrogens is 3. The Balaban J connectivity index is 1.92. The summed E-state index contributed by atoms with van der Waals surface area (Å²) in [5.74, 6) is -1.02. The van der Waals surface area contributed by atoms with Gasteiger partial charge in [0, 0.05) is 13.1 Å². The van der Waals surface area contributed by atoms with Crippen molar-refractivity contribution in [3.63, 3.8) is 0 Å². The summed E-state index contributed by atoms with van der Waals surface area (Å²) in [4.78, 5) is 10.7. The first-order valence-electron chi connectivity index (χ1n) is 6.71. The summed E-state index contributed by atoms with van der Waals surface area (Å²) in [5, 5.41) is 16.0. The molecule has 0 amide bonds. The minimum Gasteiger partial charge on any atom is -0.476 e. The Morgan fingerprint density at radius 3 is 2.52 bits per heavy atom. The fourth-order valence-electron chi connectivity index (χ4n) is 1.93. The molecular formula is C12H20N4O4S. The topological polar surface area (TPSA) is 105 Å². The van der Waals surface area contributed by atoms with E-state index in [1.54, 1.807) is 0 Å². The smallest absolute Gasteiger partial charge is 0.358 e. The van der Waals surface area contributed by atoms with Crippen molar-refractivity contribution < 1.29 is 18.3 Å². The van der Waals surface area contributed by atoms with Gasteiger partial charge < -0.3 is 5.11 Å². The molecule has 2 rings (SSSR count). The molecule has 2 heterocycles. The van der Waals surface area contributed by atoms with E-state index in [-0.39, 0.29) is 22.9 Å². The second-order valence-corrected chi connectivity index (χ2v) is 8.57. The maximum Gasteiger partial charge on any atom is 0.358 e. The lowest BCUT2D eigenvalue weighted by atomic mass is 9.94. The second-order valence-electron chi connectivity index (χ2n) is 6.49. The van der Waals surface area contributed by atoms with E-state index in [4.69, 9.17) is 5.11 Å².